The molecule has 1 aliphatic heterocycles. The minimum Gasteiger partial charge on any atom is -0.493 e. The van der Waals surface area contributed by atoms with E-state index in [4.69, 9.17) is 0 Å². The van der Waals surface area contributed by atoms with Gasteiger partial charge in [-0.25, -0.2) is 4.70 Å². The molecule has 0 aromatic heterocycles. The molecule has 2 nitrogen and oxygen atoms in total. The number of allylic oxidation sites excluding steroid dienone is 2. The van der Waals surface area contributed by atoms with Gasteiger partial charge in [0.2, 0.25) is 11.4 Å². The van der Waals surface area contributed by atoms with E-state index in [1.54, 1.807) is 4.70 Å². The number of nitrogens with zero attached hydrogens (tertiary/aromatic N) is 2. The first kappa shape index (κ1) is 79.1. The summed E-state index contributed by atoms with van der Waals surface area (Å²) in [6.07, 6.45) is 81.3. The molecule has 0 atom stereocenters. The molecule has 494 valence electrons. The fraction of sp³-hybridized carbons (Fsp3) is 0.805. The van der Waals surface area contributed by atoms with Crippen LogP contribution in [0.5, 0.6) is 0 Å². The molecule has 85 heavy (non-hydrogen) atoms. The number of aryl methyl sites for hydroxylation is 4. The summed E-state index contributed by atoms with van der Waals surface area (Å²) in [6, 6.07) is 14.3. The maximum absolute atomic E-state index is 11.9. The molecule has 0 fully saturated rings. The Bertz CT molecular complexity index is 1770. The van der Waals surface area contributed by atoms with Crippen molar-refractivity contribution in [3.63, 3.8) is 0 Å². The Labute approximate surface area is 539 Å². The van der Waals surface area contributed by atoms with Crippen LogP contribution in [0.2, 0.25) is 10.8 Å². The Hall–Kier alpha value is -1.99. The molecule has 0 radical (unpaired) electrons. The van der Waals surface area contributed by atoms with Gasteiger partial charge in [-0.15, -0.1) is 0 Å². The van der Waals surface area contributed by atoms with E-state index >= 15 is 0 Å². The van der Waals surface area contributed by atoms with Crippen LogP contribution >= 0.6 is 0 Å². The van der Waals surface area contributed by atoms with Gasteiger partial charge in [0.1, 0.15) is 0 Å². The molecule has 0 amide bonds. The number of hydrogen-bond acceptors (Lipinski definition) is 0. The summed E-state index contributed by atoms with van der Waals surface area (Å²) in [4.78, 5) is 0. The average Bonchev–Trinajstić information content (AvgIpc) is 3.61. The molecule has 0 saturated carbocycles. The van der Waals surface area contributed by atoms with Gasteiger partial charge in [0.15, 0.2) is 0 Å². The smallest absolute Gasteiger partial charge is 0.493 e. The van der Waals surface area contributed by atoms with Crippen molar-refractivity contribution >= 4 is 11.4 Å². The third kappa shape index (κ3) is 43.4. The Morgan fingerprint density at radius 1 is 0.259 bits per heavy atom. The summed E-state index contributed by atoms with van der Waals surface area (Å²) in [5.74, 6) is 0. The summed E-state index contributed by atoms with van der Waals surface area (Å²) in [5.41, 5.74) is 23.2. The SMILES string of the molecule is CCCCCCCCCCCCCCCCCCCC[CH2][Ni][CH2]CCCCCCCCCCCCCCCCCCCC.CCCCCCc1cc(CCCCCC)cc(C2=CC(CCCC)=C(c3cc(CCCC)cc(CCCC)c3)[N+]2=[N-])c1. The summed E-state index contributed by atoms with van der Waals surface area (Å²) in [5, 5.41) is 2.87. The molecule has 3 heteroatoms. The van der Waals surface area contributed by atoms with Crippen LogP contribution in [0.3, 0.4) is 0 Å². The zero-order valence-corrected chi connectivity index (χ0v) is 59.5. The number of benzene rings is 2. The summed E-state index contributed by atoms with van der Waals surface area (Å²) < 4.78 is 1.55. The Balaban J connectivity index is 0.000000580. The molecule has 1 aliphatic rings. The fourth-order valence-corrected chi connectivity index (χ4v) is 14.1. The standard InChI is InChI=1S/C40H60N2.2C21H43.Ni/c1-6-11-16-18-22-34-26-35(23-19-17-12-7-2)28-37(27-34)39-31-36(24-15-10-5)40(42(39)41)38-29-32(20-13-8-3)25-33(30-38)21-14-9-4;2*1-3-5-7-9-11-13-15-17-19-21-20-18-16-14-12-10-8-6-4-2;/h25-31H,6-24H2,1-5H3;2*1,3-21H2,2H3;. The Morgan fingerprint density at radius 3 is 0.788 bits per heavy atom. The van der Waals surface area contributed by atoms with Crippen LogP contribution in [0.1, 0.15) is 422 Å². The quantitative estimate of drug-likeness (QED) is 0.0358. The van der Waals surface area contributed by atoms with E-state index in [-0.39, 0.29) is 0 Å². The van der Waals surface area contributed by atoms with Gasteiger partial charge in [-0.3, -0.25) is 0 Å². The summed E-state index contributed by atoms with van der Waals surface area (Å²) in [6.45, 7) is 16.0. The molecular weight excluding hydrogens is 1070 g/mol. The fourth-order valence-electron chi connectivity index (χ4n) is 12.8. The van der Waals surface area contributed by atoms with Crippen molar-refractivity contribution in [1.29, 1.82) is 0 Å². The monoisotopic (exact) mass is 1220 g/mol. The molecule has 0 unspecified atom stereocenters. The molecule has 1 heterocycles. The van der Waals surface area contributed by atoms with Crippen LogP contribution in [-0.4, -0.2) is 4.70 Å². The Morgan fingerprint density at radius 2 is 0.494 bits per heavy atom. The van der Waals surface area contributed by atoms with Crippen molar-refractivity contribution in [2.45, 2.75) is 425 Å². The first-order valence-electron chi connectivity index (χ1n) is 38.6. The summed E-state index contributed by atoms with van der Waals surface area (Å²) >= 11 is 2.05. The minimum atomic E-state index is 0.954. The maximum atomic E-state index is 11.9. The molecule has 2 aromatic carbocycles. The van der Waals surface area contributed by atoms with Crippen molar-refractivity contribution < 1.29 is 19.1 Å². The van der Waals surface area contributed by atoms with E-state index < -0.39 is 0 Å². The second-order valence-electron chi connectivity index (χ2n) is 26.9. The molecule has 0 N–H and O–H groups in total. The second kappa shape index (κ2) is 59.6. The van der Waals surface area contributed by atoms with Crippen molar-refractivity contribution in [3.05, 3.63) is 87.0 Å². The zero-order valence-electron chi connectivity index (χ0n) is 58.5. The van der Waals surface area contributed by atoms with Crippen LogP contribution in [0.25, 0.3) is 16.9 Å². The number of hydrogen-bond donors (Lipinski definition) is 0. The first-order valence-corrected chi connectivity index (χ1v) is 40.0. The predicted molar refractivity (Wildman–Crippen MR) is 380 cm³/mol. The molecule has 0 saturated heterocycles. The minimum absolute atomic E-state index is 0.954. The van der Waals surface area contributed by atoms with Crippen LogP contribution in [0.15, 0.2) is 48.0 Å². The van der Waals surface area contributed by atoms with E-state index in [1.807, 2.05) is 14.4 Å². The van der Waals surface area contributed by atoms with Gasteiger partial charge in [0.05, 0.1) is 0 Å². The third-order valence-corrected chi connectivity index (χ3v) is 19.9. The van der Waals surface area contributed by atoms with Crippen molar-refractivity contribution in [2.24, 2.45) is 0 Å². The summed E-state index contributed by atoms with van der Waals surface area (Å²) in [7, 11) is 0. The van der Waals surface area contributed by atoms with Gasteiger partial charge in [0, 0.05) is 22.8 Å². The number of unbranched alkanes of at least 4 members (excludes halogenated alkanes) is 45. The molecule has 0 bridgehead atoms. The van der Waals surface area contributed by atoms with E-state index in [0.29, 0.717) is 0 Å². The van der Waals surface area contributed by atoms with Gasteiger partial charge >= 0.3 is 166 Å². The topological polar surface area (TPSA) is 25.3 Å². The second-order valence-corrected chi connectivity index (χ2v) is 28.4. The van der Waals surface area contributed by atoms with Crippen molar-refractivity contribution in [1.82, 2.24) is 0 Å². The number of rotatable bonds is 61. The van der Waals surface area contributed by atoms with E-state index in [1.165, 1.54) is 371 Å². The molecule has 0 spiro atoms. The normalized spacial score (nSPS) is 12.5. The molecule has 0 aliphatic carbocycles. The van der Waals surface area contributed by atoms with Crippen LogP contribution in [-0.2, 0) is 40.1 Å². The van der Waals surface area contributed by atoms with E-state index in [9.17, 15) is 5.53 Å². The van der Waals surface area contributed by atoms with Gasteiger partial charge in [-0.1, -0.05) is 221 Å². The van der Waals surface area contributed by atoms with Gasteiger partial charge in [-0.05, 0) is 111 Å². The van der Waals surface area contributed by atoms with Gasteiger partial charge < -0.3 is 5.53 Å². The predicted octanol–water partition coefficient (Wildman–Crippen LogP) is 29.4. The molecule has 2 aromatic rings. The first-order chi connectivity index (χ1) is 42.0. The van der Waals surface area contributed by atoms with Gasteiger partial charge in [-0.2, -0.15) is 0 Å². The van der Waals surface area contributed by atoms with E-state index in [2.05, 4.69) is 90.9 Å². The van der Waals surface area contributed by atoms with Crippen LogP contribution < -0.4 is 0 Å². The molecule has 3 rings (SSSR count). The zero-order chi connectivity index (χ0) is 61.1. The Kier molecular flexibility index (Phi) is 55.5. The average molecular weight is 1220 g/mol. The van der Waals surface area contributed by atoms with Gasteiger partial charge in [0.25, 0.3) is 0 Å². The third-order valence-electron chi connectivity index (χ3n) is 18.5. The van der Waals surface area contributed by atoms with Crippen molar-refractivity contribution in [2.75, 3.05) is 0 Å². The van der Waals surface area contributed by atoms with Crippen LogP contribution in [0, 0.1) is 0 Å². The molecular formula is C82H146N2Ni. The van der Waals surface area contributed by atoms with Crippen LogP contribution in [0.4, 0.5) is 0 Å². The van der Waals surface area contributed by atoms with Crippen molar-refractivity contribution in [3.8, 4) is 0 Å². The van der Waals surface area contributed by atoms with E-state index in [0.717, 1.165) is 56.3 Å².